The van der Waals surface area contributed by atoms with E-state index in [2.05, 4.69) is 20.9 Å². The van der Waals surface area contributed by atoms with E-state index in [1.54, 1.807) is 4.90 Å². The molecule has 3 rings (SSSR count). The van der Waals surface area contributed by atoms with Gasteiger partial charge in [0.05, 0.1) is 0 Å². The zero-order valence-corrected chi connectivity index (χ0v) is 13.2. The third-order valence-electron chi connectivity index (χ3n) is 3.48. The standard InChI is InChI=1S/C17H15BrN2O/c1-20(11-12-2-5-15(18)6-3-12)17(21)14-4-7-16-13(10-14)8-9-19-16/h2-10,19H,11H2,1H3. The first-order chi connectivity index (χ1) is 10.1. The molecule has 0 spiro atoms. The van der Waals surface area contributed by atoms with Gasteiger partial charge in [-0.05, 0) is 42.0 Å². The van der Waals surface area contributed by atoms with E-state index < -0.39 is 0 Å². The molecule has 0 fully saturated rings. The van der Waals surface area contributed by atoms with Gasteiger partial charge in [0, 0.05) is 40.7 Å². The van der Waals surface area contributed by atoms with E-state index in [-0.39, 0.29) is 5.91 Å². The van der Waals surface area contributed by atoms with Crippen LogP contribution in [0, 0.1) is 0 Å². The highest BCUT2D eigenvalue weighted by Crippen LogP contribution is 2.17. The van der Waals surface area contributed by atoms with Gasteiger partial charge in [0.2, 0.25) is 0 Å². The van der Waals surface area contributed by atoms with Crippen LogP contribution in [0.3, 0.4) is 0 Å². The van der Waals surface area contributed by atoms with Gasteiger partial charge in [-0.1, -0.05) is 28.1 Å². The van der Waals surface area contributed by atoms with Gasteiger partial charge in [-0.15, -0.1) is 0 Å². The lowest BCUT2D eigenvalue weighted by molar-refractivity contribution is 0.0785. The quantitative estimate of drug-likeness (QED) is 0.760. The van der Waals surface area contributed by atoms with E-state index in [1.165, 1.54) is 0 Å². The number of benzene rings is 2. The smallest absolute Gasteiger partial charge is 0.253 e. The second-order valence-corrected chi connectivity index (χ2v) is 5.98. The number of H-pyrrole nitrogens is 1. The summed E-state index contributed by atoms with van der Waals surface area (Å²) in [4.78, 5) is 17.4. The minimum Gasteiger partial charge on any atom is -0.361 e. The Morgan fingerprint density at radius 2 is 1.90 bits per heavy atom. The van der Waals surface area contributed by atoms with Gasteiger partial charge in [0.1, 0.15) is 0 Å². The summed E-state index contributed by atoms with van der Waals surface area (Å²) >= 11 is 3.41. The van der Waals surface area contributed by atoms with E-state index in [0.29, 0.717) is 12.1 Å². The Hall–Kier alpha value is -2.07. The molecule has 0 aliphatic rings. The molecule has 0 aliphatic heterocycles. The fourth-order valence-electron chi connectivity index (χ4n) is 2.34. The maximum absolute atomic E-state index is 12.5. The number of nitrogens with zero attached hydrogens (tertiary/aromatic N) is 1. The van der Waals surface area contributed by atoms with Crippen molar-refractivity contribution in [3.8, 4) is 0 Å². The van der Waals surface area contributed by atoms with Crippen LogP contribution in [-0.4, -0.2) is 22.8 Å². The highest BCUT2D eigenvalue weighted by molar-refractivity contribution is 9.10. The SMILES string of the molecule is CN(Cc1ccc(Br)cc1)C(=O)c1ccc2[nH]ccc2c1. The topological polar surface area (TPSA) is 36.1 Å². The van der Waals surface area contributed by atoms with Crippen molar-refractivity contribution in [2.45, 2.75) is 6.54 Å². The third kappa shape index (κ3) is 3.00. The molecule has 2 aromatic carbocycles. The molecule has 0 aliphatic carbocycles. The lowest BCUT2D eigenvalue weighted by atomic mass is 10.1. The predicted molar refractivity (Wildman–Crippen MR) is 88.2 cm³/mol. The van der Waals surface area contributed by atoms with Crippen molar-refractivity contribution < 1.29 is 4.79 Å². The molecule has 0 bridgehead atoms. The van der Waals surface area contributed by atoms with Gasteiger partial charge in [-0.3, -0.25) is 4.79 Å². The van der Waals surface area contributed by atoms with Crippen LogP contribution in [0.2, 0.25) is 0 Å². The Bertz CT molecular complexity index is 777. The second-order valence-electron chi connectivity index (χ2n) is 5.07. The van der Waals surface area contributed by atoms with Gasteiger partial charge in [0.15, 0.2) is 0 Å². The molecule has 21 heavy (non-hydrogen) atoms. The summed E-state index contributed by atoms with van der Waals surface area (Å²) in [6.07, 6.45) is 1.88. The largest absolute Gasteiger partial charge is 0.361 e. The molecule has 1 N–H and O–H groups in total. The summed E-state index contributed by atoms with van der Waals surface area (Å²) in [5.41, 5.74) is 2.86. The summed E-state index contributed by atoms with van der Waals surface area (Å²) < 4.78 is 1.04. The summed E-state index contributed by atoms with van der Waals surface area (Å²) in [5, 5.41) is 1.05. The average Bonchev–Trinajstić information content (AvgIpc) is 2.96. The van der Waals surface area contributed by atoms with Crippen LogP contribution in [0.4, 0.5) is 0 Å². The molecule has 0 unspecified atom stereocenters. The Morgan fingerprint density at radius 3 is 2.67 bits per heavy atom. The fraction of sp³-hybridized carbons (Fsp3) is 0.118. The summed E-state index contributed by atoms with van der Waals surface area (Å²) in [6.45, 7) is 0.595. The summed E-state index contributed by atoms with van der Waals surface area (Å²) in [5.74, 6) is 0.0287. The fourth-order valence-corrected chi connectivity index (χ4v) is 2.61. The number of nitrogens with one attached hydrogen (secondary N) is 1. The molecule has 3 aromatic rings. The summed E-state index contributed by atoms with van der Waals surface area (Å²) in [7, 11) is 1.83. The highest BCUT2D eigenvalue weighted by atomic mass is 79.9. The molecular formula is C17H15BrN2O. The zero-order chi connectivity index (χ0) is 14.8. The maximum atomic E-state index is 12.5. The number of rotatable bonds is 3. The first kappa shape index (κ1) is 13.9. The van der Waals surface area contributed by atoms with Crippen molar-refractivity contribution >= 4 is 32.7 Å². The van der Waals surface area contributed by atoms with Crippen molar-refractivity contribution in [3.05, 3.63) is 70.3 Å². The van der Waals surface area contributed by atoms with Crippen LogP contribution in [0.1, 0.15) is 15.9 Å². The Labute approximate surface area is 131 Å². The van der Waals surface area contributed by atoms with Crippen molar-refractivity contribution in [3.63, 3.8) is 0 Å². The molecule has 3 nitrogen and oxygen atoms in total. The first-order valence-corrected chi connectivity index (χ1v) is 7.50. The molecule has 1 heterocycles. The number of aromatic nitrogens is 1. The van der Waals surface area contributed by atoms with E-state index in [1.807, 2.05) is 61.8 Å². The molecule has 1 aromatic heterocycles. The first-order valence-electron chi connectivity index (χ1n) is 6.70. The number of amides is 1. The van der Waals surface area contributed by atoms with Crippen molar-refractivity contribution in [1.82, 2.24) is 9.88 Å². The van der Waals surface area contributed by atoms with Crippen LogP contribution in [0.25, 0.3) is 10.9 Å². The number of carbonyl (C=O) groups is 1. The minimum absolute atomic E-state index is 0.0287. The van der Waals surface area contributed by atoms with Gasteiger partial charge in [0.25, 0.3) is 5.91 Å². The van der Waals surface area contributed by atoms with Crippen molar-refractivity contribution in [2.75, 3.05) is 7.05 Å². The van der Waals surface area contributed by atoms with E-state index in [9.17, 15) is 4.79 Å². The number of carbonyl (C=O) groups excluding carboxylic acids is 1. The number of fused-ring (bicyclic) bond motifs is 1. The molecule has 4 heteroatoms. The van der Waals surface area contributed by atoms with Crippen molar-refractivity contribution in [1.29, 1.82) is 0 Å². The monoisotopic (exact) mass is 342 g/mol. The van der Waals surface area contributed by atoms with Gasteiger partial charge in [-0.25, -0.2) is 0 Å². The van der Waals surface area contributed by atoms with Gasteiger partial charge < -0.3 is 9.88 Å². The Balaban J connectivity index is 1.78. The number of aromatic amines is 1. The van der Waals surface area contributed by atoms with Crippen LogP contribution in [-0.2, 0) is 6.54 Å². The number of hydrogen-bond acceptors (Lipinski definition) is 1. The van der Waals surface area contributed by atoms with Gasteiger partial charge in [-0.2, -0.15) is 0 Å². The third-order valence-corrected chi connectivity index (χ3v) is 4.01. The molecule has 0 radical (unpaired) electrons. The molecule has 0 saturated carbocycles. The lowest BCUT2D eigenvalue weighted by Gasteiger charge is -2.17. The Morgan fingerprint density at radius 1 is 1.14 bits per heavy atom. The summed E-state index contributed by atoms with van der Waals surface area (Å²) in [6, 6.07) is 15.7. The van der Waals surface area contributed by atoms with Crippen LogP contribution < -0.4 is 0 Å². The molecule has 1 amide bonds. The van der Waals surface area contributed by atoms with Crippen molar-refractivity contribution in [2.24, 2.45) is 0 Å². The second kappa shape index (κ2) is 5.74. The molecule has 0 saturated heterocycles. The predicted octanol–water partition coefficient (Wildman–Crippen LogP) is 4.20. The average molecular weight is 343 g/mol. The normalized spacial score (nSPS) is 10.8. The van der Waals surface area contributed by atoms with E-state index >= 15 is 0 Å². The maximum Gasteiger partial charge on any atom is 0.253 e. The zero-order valence-electron chi connectivity index (χ0n) is 11.6. The molecule has 0 atom stereocenters. The number of hydrogen-bond donors (Lipinski definition) is 1. The van der Waals surface area contributed by atoms with Crippen LogP contribution >= 0.6 is 15.9 Å². The lowest BCUT2D eigenvalue weighted by Crippen LogP contribution is -2.26. The minimum atomic E-state index is 0.0287. The molecular weight excluding hydrogens is 328 g/mol. The molecule has 106 valence electrons. The van der Waals surface area contributed by atoms with Crippen LogP contribution in [0.5, 0.6) is 0 Å². The van der Waals surface area contributed by atoms with E-state index in [0.717, 1.165) is 20.9 Å². The van der Waals surface area contributed by atoms with Gasteiger partial charge >= 0.3 is 0 Å². The van der Waals surface area contributed by atoms with Crippen LogP contribution in [0.15, 0.2) is 59.2 Å². The highest BCUT2D eigenvalue weighted by Gasteiger charge is 2.12. The number of halogens is 1. The van der Waals surface area contributed by atoms with E-state index in [4.69, 9.17) is 0 Å². The Kier molecular flexibility index (Phi) is 3.80.